The van der Waals surface area contributed by atoms with E-state index in [4.69, 9.17) is 10.6 Å². The monoisotopic (exact) mass is 378 g/mol. The predicted octanol–water partition coefficient (Wildman–Crippen LogP) is 0.317. The van der Waals surface area contributed by atoms with Crippen molar-refractivity contribution in [2.75, 3.05) is 13.2 Å². The van der Waals surface area contributed by atoms with Crippen molar-refractivity contribution in [1.82, 2.24) is 9.47 Å². The number of fused-ring (bicyclic) bond motifs is 5. The second kappa shape index (κ2) is 5.80. The summed E-state index contributed by atoms with van der Waals surface area (Å²) in [5.41, 5.74) is 2.96. The lowest BCUT2D eigenvalue weighted by molar-refractivity contribution is -0.0655. The van der Waals surface area contributed by atoms with Crippen molar-refractivity contribution in [3.63, 3.8) is 0 Å². The zero-order chi connectivity index (χ0) is 19.5. The number of aromatic hydroxyl groups is 1. The number of pyridine rings is 1. The standard InChI is InChI=1S/C17H19FN4O5/c1-8-2-3-17(4-9(5-18)20-27-17)11-7-21(8)16(26)12-14(24)13(23)10(15(19)25)6-22(11)12/h6,8,11,24H,2-5,7H2,1H3,(H2,19,25). The van der Waals surface area contributed by atoms with Crippen molar-refractivity contribution in [3.8, 4) is 5.75 Å². The van der Waals surface area contributed by atoms with Crippen molar-refractivity contribution in [2.45, 2.75) is 43.9 Å². The fraction of sp³-hybridized carbons (Fsp3) is 0.529. The third kappa shape index (κ3) is 2.35. The molecule has 0 aromatic carbocycles. The molecule has 4 rings (SSSR count). The molecule has 2 amide bonds. The number of halogens is 1. The molecule has 2 bridgehead atoms. The van der Waals surface area contributed by atoms with Crippen molar-refractivity contribution in [1.29, 1.82) is 0 Å². The maximum Gasteiger partial charge on any atom is 0.274 e. The van der Waals surface area contributed by atoms with Gasteiger partial charge < -0.3 is 25.1 Å². The molecule has 0 radical (unpaired) electrons. The molecular formula is C17H19FN4O5. The third-order valence-electron chi connectivity index (χ3n) is 5.78. The van der Waals surface area contributed by atoms with Crippen LogP contribution in [0.5, 0.6) is 5.75 Å². The lowest BCUT2D eigenvalue weighted by Gasteiger charge is -2.41. The molecule has 4 heterocycles. The summed E-state index contributed by atoms with van der Waals surface area (Å²) in [6, 6.07) is -0.732. The van der Waals surface area contributed by atoms with Crippen molar-refractivity contribution in [2.24, 2.45) is 10.9 Å². The van der Waals surface area contributed by atoms with Gasteiger partial charge in [0.1, 0.15) is 12.2 Å². The molecule has 9 nitrogen and oxygen atoms in total. The molecule has 1 saturated heterocycles. The summed E-state index contributed by atoms with van der Waals surface area (Å²) in [6.45, 7) is 1.34. The van der Waals surface area contributed by atoms with Gasteiger partial charge in [-0.3, -0.25) is 14.4 Å². The predicted molar refractivity (Wildman–Crippen MR) is 91.5 cm³/mol. The highest BCUT2D eigenvalue weighted by Crippen LogP contribution is 2.46. The number of primary amides is 1. The Bertz CT molecular complexity index is 942. The number of aromatic nitrogens is 1. The minimum Gasteiger partial charge on any atom is -0.503 e. The second-order valence-electron chi connectivity index (χ2n) is 7.33. The Labute approximate surface area is 153 Å². The van der Waals surface area contributed by atoms with E-state index >= 15 is 0 Å². The molecule has 3 atom stereocenters. The number of amides is 2. The largest absolute Gasteiger partial charge is 0.503 e. The molecule has 144 valence electrons. The van der Waals surface area contributed by atoms with E-state index in [1.165, 1.54) is 10.8 Å². The van der Waals surface area contributed by atoms with E-state index in [9.17, 15) is 23.9 Å². The minimum absolute atomic E-state index is 0.170. The Balaban J connectivity index is 1.95. The maximum atomic E-state index is 13.2. The minimum atomic E-state index is -1.01. The van der Waals surface area contributed by atoms with E-state index in [2.05, 4.69) is 5.16 Å². The quantitative estimate of drug-likeness (QED) is 0.766. The Morgan fingerprint density at radius 1 is 1.52 bits per heavy atom. The van der Waals surface area contributed by atoms with Crippen LogP contribution in [-0.4, -0.2) is 57.0 Å². The van der Waals surface area contributed by atoms with Crippen LogP contribution in [0, 0.1) is 0 Å². The van der Waals surface area contributed by atoms with E-state index < -0.39 is 46.9 Å². The van der Waals surface area contributed by atoms with Gasteiger partial charge in [-0.05, 0) is 19.8 Å². The molecule has 0 saturated carbocycles. The molecule has 1 fully saturated rings. The summed E-state index contributed by atoms with van der Waals surface area (Å²) < 4.78 is 14.5. The normalized spacial score (nSPS) is 29.2. The first-order valence-corrected chi connectivity index (χ1v) is 8.68. The third-order valence-corrected chi connectivity index (χ3v) is 5.78. The van der Waals surface area contributed by atoms with Gasteiger partial charge in [0.2, 0.25) is 5.43 Å². The fourth-order valence-electron chi connectivity index (χ4n) is 4.27. The van der Waals surface area contributed by atoms with E-state index in [0.29, 0.717) is 12.8 Å². The molecule has 1 aromatic heterocycles. The fourth-order valence-corrected chi connectivity index (χ4v) is 4.27. The average molecular weight is 378 g/mol. The molecule has 1 spiro atoms. The van der Waals surface area contributed by atoms with Crippen LogP contribution < -0.4 is 11.2 Å². The van der Waals surface area contributed by atoms with Gasteiger partial charge in [-0.25, -0.2) is 4.39 Å². The van der Waals surface area contributed by atoms with Crippen LogP contribution in [0.2, 0.25) is 0 Å². The summed E-state index contributed by atoms with van der Waals surface area (Å²) >= 11 is 0. The van der Waals surface area contributed by atoms with Crippen LogP contribution in [-0.2, 0) is 4.84 Å². The molecule has 3 unspecified atom stereocenters. The lowest BCUT2D eigenvalue weighted by Crippen LogP contribution is -2.52. The number of alkyl halides is 1. The number of oxime groups is 1. The van der Waals surface area contributed by atoms with Crippen LogP contribution in [0.15, 0.2) is 16.1 Å². The van der Waals surface area contributed by atoms with E-state index in [1.54, 1.807) is 4.90 Å². The number of carbonyl (C=O) groups is 2. The van der Waals surface area contributed by atoms with Gasteiger partial charge in [0.05, 0.1) is 11.8 Å². The highest BCUT2D eigenvalue weighted by molar-refractivity contribution is 5.99. The van der Waals surface area contributed by atoms with Gasteiger partial charge in [0, 0.05) is 25.2 Å². The van der Waals surface area contributed by atoms with Crippen LogP contribution in [0.1, 0.15) is 53.1 Å². The highest BCUT2D eigenvalue weighted by atomic mass is 19.1. The zero-order valence-corrected chi connectivity index (χ0v) is 14.6. The number of hydrogen-bond donors (Lipinski definition) is 2. The van der Waals surface area contributed by atoms with Gasteiger partial charge in [-0.1, -0.05) is 5.16 Å². The van der Waals surface area contributed by atoms with Crippen LogP contribution in [0.3, 0.4) is 0 Å². The average Bonchev–Trinajstić information content (AvgIpc) is 3.01. The van der Waals surface area contributed by atoms with Gasteiger partial charge in [-0.2, -0.15) is 0 Å². The Morgan fingerprint density at radius 2 is 2.26 bits per heavy atom. The molecule has 1 aromatic rings. The second-order valence-corrected chi connectivity index (χ2v) is 7.33. The van der Waals surface area contributed by atoms with Crippen LogP contribution in [0.25, 0.3) is 0 Å². The number of carbonyl (C=O) groups excluding carboxylic acids is 2. The van der Waals surface area contributed by atoms with Crippen molar-refractivity contribution < 1.29 is 23.9 Å². The van der Waals surface area contributed by atoms with Gasteiger partial charge in [0.25, 0.3) is 11.8 Å². The smallest absolute Gasteiger partial charge is 0.274 e. The van der Waals surface area contributed by atoms with E-state index in [-0.39, 0.29) is 30.4 Å². The lowest BCUT2D eigenvalue weighted by atomic mass is 9.84. The van der Waals surface area contributed by atoms with Crippen molar-refractivity contribution in [3.05, 3.63) is 27.7 Å². The molecule has 0 aliphatic carbocycles. The molecular weight excluding hydrogens is 359 g/mol. The molecule has 10 heteroatoms. The number of nitrogens with zero attached hydrogens (tertiary/aromatic N) is 3. The molecule has 3 N–H and O–H groups in total. The molecule has 3 aliphatic heterocycles. The number of rotatable bonds is 2. The summed E-state index contributed by atoms with van der Waals surface area (Å²) in [5, 5.41) is 14.2. The molecule has 27 heavy (non-hydrogen) atoms. The van der Waals surface area contributed by atoms with Gasteiger partial charge in [-0.15, -0.1) is 0 Å². The Morgan fingerprint density at radius 3 is 2.89 bits per heavy atom. The first kappa shape index (κ1) is 17.5. The number of nitrogens with two attached hydrogens (primary N) is 1. The van der Waals surface area contributed by atoms with E-state index in [1.807, 2.05) is 6.92 Å². The Kier molecular flexibility index (Phi) is 3.76. The summed E-state index contributed by atoms with van der Waals surface area (Å²) in [7, 11) is 0. The SMILES string of the molecule is CC1CCC2(CC(CF)=NO2)C2CN1C(=O)c1c(O)c(=O)c(C(N)=O)cn12. The summed E-state index contributed by atoms with van der Waals surface area (Å²) in [6.07, 6.45) is 2.49. The first-order chi connectivity index (χ1) is 12.8. The van der Waals surface area contributed by atoms with Crippen LogP contribution >= 0.6 is 0 Å². The van der Waals surface area contributed by atoms with Gasteiger partial charge in [0.15, 0.2) is 17.0 Å². The zero-order valence-electron chi connectivity index (χ0n) is 14.6. The van der Waals surface area contributed by atoms with E-state index in [0.717, 1.165) is 0 Å². The van der Waals surface area contributed by atoms with Crippen LogP contribution in [0.4, 0.5) is 4.39 Å². The molecule has 3 aliphatic rings. The van der Waals surface area contributed by atoms with Crippen molar-refractivity contribution >= 4 is 17.5 Å². The first-order valence-electron chi connectivity index (χ1n) is 8.68. The summed E-state index contributed by atoms with van der Waals surface area (Å²) in [4.78, 5) is 44.1. The topological polar surface area (TPSA) is 127 Å². The maximum absolute atomic E-state index is 13.2. The summed E-state index contributed by atoms with van der Waals surface area (Å²) in [5.74, 6) is -2.34. The Hall–Kier alpha value is -2.91. The highest BCUT2D eigenvalue weighted by Gasteiger charge is 2.54. The van der Waals surface area contributed by atoms with Gasteiger partial charge >= 0.3 is 0 Å². The number of hydrogen-bond acceptors (Lipinski definition) is 6.